The highest BCUT2D eigenvalue weighted by molar-refractivity contribution is 7.20. The van der Waals surface area contributed by atoms with Crippen LogP contribution in [0.3, 0.4) is 0 Å². The van der Waals surface area contributed by atoms with Crippen molar-refractivity contribution >= 4 is 27.5 Å². The summed E-state index contributed by atoms with van der Waals surface area (Å²) in [6, 6.07) is 6.13. The van der Waals surface area contributed by atoms with E-state index >= 15 is 0 Å². The van der Waals surface area contributed by atoms with Gasteiger partial charge in [-0.25, -0.2) is 14.5 Å². The Balaban J connectivity index is 2.04. The van der Waals surface area contributed by atoms with Gasteiger partial charge < -0.3 is 4.74 Å². The number of ether oxygens (including phenoxy) is 1. The molecule has 0 spiro atoms. The van der Waals surface area contributed by atoms with Crippen LogP contribution in [0.4, 0.5) is 0 Å². The minimum atomic E-state index is -0.349. The van der Waals surface area contributed by atoms with Gasteiger partial charge in [-0.1, -0.05) is 17.4 Å². The molecule has 0 aliphatic rings. The first-order valence-corrected chi connectivity index (χ1v) is 7.51. The van der Waals surface area contributed by atoms with Crippen LogP contribution >= 0.6 is 11.3 Å². The van der Waals surface area contributed by atoms with E-state index in [1.54, 1.807) is 22.9 Å². The van der Waals surface area contributed by atoms with Gasteiger partial charge in [0.15, 0.2) is 0 Å². The third-order valence-corrected chi connectivity index (χ3v) is 4.21. The summed E-state index contributed by atoms with van der Waals surface area (Å²) in [5, 5.41) is 5.02. The molecule has 108 valence electrons. The van der Waals surface area contributed by atoms with Crippen LogP contribution in [0, 0.1) is 13.8 Å². The Morgan fingerprint density at radius 2 is 2.19 bits per heavy atom. The molecule has 2 aromatic heterocycles. The van der Waals surface area contributed by atoms with E-state index in [1.165, 1.54) is 11.8 Å². The zero-order valence-electron chi connectivity index (χ0n) is 12.1. The summed E-state index contributed by atoms with van der Waals surface area (Å²) < 4.78 is 7.82. The maximum absolute atomic E-state index is 11.8. The zero-order chi connectivity index (χ0) is 15.0. The zero-order valence-corrected chi connectivity index (χ0v) is 12.9. The van der Waals surface area contributed by atoms with Crippen LogP contribution in [-0.4, -0.2) is 27.3 Å². The van der Waals surface area contributed by atoms with Crippen LogP contribution < -0.4 is 0 Å². The molecule has 0 N–H and O–H groups in total. The Kier molecular flexibility index (Phi) is 3.47. The van der Waals surface area contributed by atoms with Gasteiger partial charge in [-0.3, -0.25) is 0 Å². The van der Waals surface area contributed by atoms with E-state index in [2.05, 4.69) is 23.1 Å². The molecule has 2 heterocycles. The Hall–Kier alpha value is -2.21. The van der Waals surface area contributed by atoms with Gasteiger partial charge in [0, 0.05) is 0 Å². The second-order valence-electron chi connectivity index (χ2n) is 4.74. The Morgan fingerprint density at radius 1 is 1.38 bits per heavy atom. The summed E-state index contributed by atoms with van der Waals surface area (Å²) in [4.78, 5) is 16.4. The standard InChI is InChI=1S/C15H15N3O2S/c1-4-20-14(19)11-8-16-18(10(11)3)15-17-12-6-5-9(2)7-13(12)21-15/h5-8H,4H2,1-3H3. The summed E-state index contributed by atoms with van der Waals surface area (Å²) >= 11 is 1.55. The lowest BCUT2D eigenvalue weighted by Crippen LogP contribution is -2.06. The normalized spacial score (nSPS) is 11.0. The van der Waals surface area contributed by atoms with Crippen molar-refractivity contribution in [1.29, 1.82) is 0 Å². The summed E-state index contributed by atoms with van der Waals surface area (Å²) in [6.45, 7) is 6.03. The van der Waals surface area contributed by atoms with Gasteiger partial charge in [0.05, 0.1) is 28.7 Å². The van der Waals surface area contributed by atoms with E-state index in [1.807, 2.05) is 19.1 Å². The largest absolute Gasteiger partial charge is 0.462 e. The fourth-order valence-electron chi connectivity index (χ4n) is 2.12. The van der Waals surface area contributed by atoms with Crippen LogP contribution in [0.15, 0.2) is 24.4 Å². The van der Waals surface area contributed by atoms with Gasteiger partial charge >= 0.3 is 5.97 Å². The van der Waals surface area contributed by atoms with Crippen molar-refractivity contribution in [3.63, 3.8) is 0 Å². The van der Waals surface area contributed by atoms with E-state index in [0.717, 1.165) is 21.0 Å². The highest BCUT2D eigenvalue weighted by atomic mass is 32.1. The number of carbonyl (C=O) groups is 1. The molecule has 21 heavy (non-hydrogen) atoms. The first kappa shape index (κ1) is 13.8. The molecule has 0 saturated heterocycles. The number of hydrogen-bond acceptors (Lipinski definition) is 5. The molecule has 0 atom stereocenters. The minimum absolute atomic E-state index is 0.349. The summed E-state index contributed by atoms with van der Waals surface area (Å²) in [7, 11) is 0. The smallest absolute Gasteiger partial charge is 0.341 e. The molecule has 0 saturated carbocycles. The minimum Gasteiger partial charge on any atom is -0.462 e. The average Bonchev–Trinajstić information content (AvgIpc) is 3.01. The van der Waals surface area contributed by atoms with Gasteiger partial charge in [-0.15, -0.1) is 0 Å². The number of fused-ring (bicyclic) bond motifs is 1. The molecule has 0 radical (unpaired) electrons. The quantitative estimate of drug-likeness (QED) is 0.697. The average molecular weight is 301 g/mol. The molecule has 0 bridgehead atoms. The monoisotopic (exact) mass is 301 g/mol. The first-order valence-electron chi connectivity index (χ1n) is 6.69. The predicted molar refractivity (Wildman–Crippen MR) is 82.2 cm³/mol. The van der Waals surface area contributed by atoms with Gasteiger partial charge in [-0.05, 0) is 38.5 Å². The third-order valence-electron chi connectivity index (χ3n) is 3.22. The highest BCUT2D eigenvalue weighted by Crippen LogP contribution is 2.26. The molecular weight excluding hydrogens is 286 g/mol. The fourth-order valence-corrected chi connectivity index (χ4v) is 3.20. The molecule has 1 aromatic carbocycles. The Morgan fingerprint density at radius 3 is 2.95 bits per heavy atom. The SMILES string of the molecule is CCOC(=O)c1cnn(-c2nc3ccc(C)cc3s2)c1C. The lowest BCUT2D eigenvalue weighted by atomic mass is 10.2. The van der Waals surface area contributed by atoms with E-state index < -0.39 is 0 Å². The molecule has 0 fully saturated rings. The first-order chi connectivity index (χ1) is 10.1. The van der Waals surface area contributed by atoms with Crippen LogP contribution in [0.25, 0.3) is 15.3 Å². The number of carbonyl (C=O) groups excluding carboxylic acids is 1. The predicted octanol–water partition coefficient (Wildman–Crippen LogP) is 3.28. The van der Waals surface area contributed by atoms with E-state index in [9.17, 15) is 4.79 Å². The fraction of sp³-hybridized carbons (Fsp3) is 0.267. The lowest BCUT2D eigenvalue weighted by Gasteiger charge is -2.01. The Bertz CT molecular complexity index is 820. The van der Waals surface area contributed by atoms with Gasteiger partial charge in [0.25, 0.3) is 0 Å². The van der Waals surface area contributed by atoms with Crippen molar-refractivity contribution in [2.24, 2.45) is 0 Å². The molecule has 0 aliphatic heterocycles. The van der Waals surface area contributed by atoms with Crippen LogP contribution in [-0.2, 0) is 4.74 Å². The van der Waals surface area contributed by atoms with Crippen molar-refractivity contribution in [3.8, 4) is 5.13 Å². The van der Waals surface area contributed by atoms with E-state index in [0.29, 0.717) is 12.2 Å². The molecule has 0 aliphatic carbocycles. The summed E-state index contributed by atoms with van der Waals surface area (Å²) in [5.74, 6) is -0.349. The summed E-state index contributed by atoms with van der Waals surface area (Å²) in [5.41, 5.74) is 3.35. The molecule has 3 rings (SSSR count). The van der Waals surface area contributed by atoms with Gasteiger partial charge in [0.1, 0.15) is 5.56 Å². The third kappa shape index (κ3) is 2.42. The molecule has 3 aromatic rings. The van der Waals surface area contributed by atoms with Crippen molar-refractivity contribution in [3.05, 3.63) is 41.2 Å². The molecular formula is C15H15N3O2S. The van der Waals surface area contributed by atoms with Crippen molar-refractivity contribution in [2.45, 2.75) is 20.8 Å². The van der Waals surface area contributed by atoms with Gasteiger partial charge in [0.2, 0.25) is 5.13 Å². The maximum Gasteiger partial charge on any atom is 0.341 e. The van der Waals surface area contributed by atoms with E-state index in [-0.39, 0.29) is 5.97 Å². The number of benzene rings is 1. The molecule has 6 heteroatoms. The number of hydrogen-bond donors (Lipinski definition) is 0. The number of aryl methyl sites for hydroxylation is 1. The van der Waals surface area contributed by atoms with Crippen LogP contribution in [0.1, 0.15) is 28.5 Å². The van der Waals surface area contributed by atoms with Crippen molar-refractivity contribution in [2.75, 3.05) is 6.61 Å². The maximum atomic E-state index is 11.8. The van der Waals surface area contributed by atoms with Gasteiger partial charge in [-0.2, -0.15) is 5.10 Å². The lowest BCUT2D eigenvalue weighted by molar-refractivity contribution is 0.0525. The van der Waals surface area contributed by atoms with Crippen molar-refractivity contribution in [1.82, 2.24) is 14.8 Å². The topological polar surface area (TPSA) is 57.0 Å². The van der Waals surface area contributed by atoms with E-state index in [4.69, 9.17) is 4.74 Å². The number of nitrogens with zero attached hydrogens (tertiary/aromatic N) is 3. The van der Waals surface area contributed by atoms with Crippen LogP contribution in [0.5, 0.6) is 0 Å². The molecule has 0 unspecified atom stereocenters. The summed E-state index contributed by atoms with van der Waals surface area (Å²) in [6.07, 6.45) is 1.53. The molecule has 5 nitrogen and oxygen atoms in total. The second-order valence-corrected chi connectivity index (χ2v) is 5.75. The Labute approximate surface area is 126 Å². The second kappa shape index (κ2) is 5.29. The number of thiazole rings is 1. The number of aromatic nitrogens is 3. The van der Waals surface area contributed by atoms with Crippen LogP contribution in [0.2, 0.25) is 0 Å². The van der Waals surface area contributed by atoms with Crippen molar-refractivity contribution < 1.29 is 9.53 Å². The number of rotatable bonds is 3. The number of esters is 1. The highest BCUT2D eigenvalue weighted by Gasteiger charge is 2.17. The molecule has 0 amide bonds.